The molecule has 3 heterocycles. The van der Waals surface area contributed by atoms with Crippen LogP contribution in [0.1, 0.15) is 16.8 Å². The number of hydrogen-bond donors (Lipinski definition) is 0. The van der Waals surface area contributed by atoms with Crippen LogP contribution in [0.15, 0.2) is 52.5 Å². The van der Waals surface area contributed by atoms with Gasteiger partial charge in [0.05, 0.1) is 11.4 Å². The lowest BCUT2D eigenvalue weighted by Gasteiger charge is -2.35. The number of piperazine rings is 1. The molecule has 0 radical (unpaired) electrons. The number of rotatable bonds is 5. The summed E-state index contributed by atoms with van der Waals surface area (Å²) in [6.45, 7) is 8.51. The van der Waals surface area contributed by atoms with Gasteiger partial charge in [-0.2, -0.15) is 4.68 Å². The Morgan fingerprint density at radius 1 is 1.00 bits per heavy atom. The number of amides is 1. The normalized spacial score (nSPS) is 14.0. The average molecular weight is 451 g/mol. The molecule has 0 unspecified atom stereocenters. The average Bonchev–Trinajstić information content (AvgIpc) is 2.80. The molecular weight excluding hydrogens is 424 g/mol. The second-order valence-electron chi connectivity index (χ2n) is 7.85. The summed E-state index contributed by atoms with van der Waals surface area (Å²) in [4.78, 5) is 37.5. The Morgan fingerprint density at radius 3 is 2.50 bits per heavy atom. The summed E-state index contributed by atoms with van der Waals surface area (Å²) < 4.78 is 1.44. The van der Waals surface area contributed by atoms with Crippen molar-refractivity contribution in [2.45, 2.75) is 25.9 Å². The van der Waals surface area contributed by atoms with Crippen LogP contribution >= 0.6 is 11.8 Å². The van der Waals surface area contributed by atoms with Gasteiger partial charge in [0.15, 0.2) is 5.16 Å². The Hall–Kier alpha value is -3.20. The summed E-state index contributed by atoms with van der Waals surface area (Å²) in [6.07, 6.45) is 1.71. The third-order valence-electron chi connectivity index (χ3n) is 5.58. The Morgan fingerprint density at radius 2 is 1.78 bits per heavy atom. The number of hydrogen-bond acceptors (Lipinski definition) is 7. The lowest BCUT2D eigenvalue weighted by Crippen LogP contribution is -2.49. The number of aryl methyl sites for hydroxylation is 3. The van der Waals surface area contributed by atoms with Gasteiger partial charge in [-0.25, -0.2) is 9.97 Å². The lowest BCUT2D eigenvalue weighted by atomic mass is 10.1. The molecule has 0 N–H and O–H groups in total. The molecule has 9 heteroatoms. The van der Waals surface area contributed by atoms with Gasteiger partial charge < -0.3 is 9.80 Å². The Kier molecular flexibility index (Phi) is 6.55. The van der Waals surface area contributed by atoms with Crippen LogP contribution in [-0.2, 0) is 4.79 Å². The summed E-state index contributed by atoms with van der Waals surface area (Å²) in [5, 5.41) is 5.22. The molecule has 1 fully saturated rings. The van der Waals surface area contributed by atoms with Crippen LogP contribution in [0.25, 0.3) is 5.69 Å². The van der Waals surface area contributed by atoms with Crippen molar-refractivity contribution in [1.29, 1.82) is 0 Å². The molecule has 1 saturated heterocycles. The van der Waals surface area contributed by atoms with E-state index in [4.69, 9.17) is 0 Å². The molecule has 1 aliphatic heterocycles. The summed E-state index contributed by atoms with van der Waals surface area (Å²) in [5.74, 6) is 1.13. The number of anilines is 1. The third-order valence-corrected chi connectivity index (χ3v) is 6.42. The van der Waals surface area contributed by atoms with Crippen LogP contribution in [0, 0.1) is 20.8 Å². The second kappa shape index (κ2) is 9.52. The maximum absolute atomic E-state index is 12.6. The van der Waals surface area contributed by atoms with Gasteiger partial charge >= 0.3 is 0 Å². The van der Waals surface area contributed by atoms with Crippen LogP contribution in [-0.4, -0.2) is 62.5 Å². The van der Waals surface area contributed by atoms with Crippen molar-refractivity contribution < 1.29 is 4.79 Å². The standard InChI is InChI=1S/C23H26N6O2S/c1-16-4-5-19(14-17(16)2)29-21(30)7-6-20(26-29)27-10-12-28(13-11-27)22(31)15-32-23-24-9-8-18(3)25-23/h4-9,14H,10-13,15H2,1-3H3. The molecule has 4 rings (SSSR count). The Bertz CT molecular complexity index is 1190. The molecule has 0 aliphatic carbocycles. The van der Waals surface area contributed by atoms with Gasteiger partial charge in [-0.15, -0.1) is 5.10 Å². The van der Waals surface area contributed by atoms with Crippen LogP contribution in [0.5, 0.6) is 0 Å². The molecule has 0 atom stereocenters. The molecule has 32 heavy (non-hydrogen) atoms. The van der Waals surface area contributed by atoms with Crippen molar-refractivity contribution in [1.82, 2.24) is 24.6 Å². The predicted octanol–water partition coefficient (Wildman–Crippen LogP) is 2.39. The van der Waals surface area contributed by atoms with Gasteiger partial charge in [-0.05, 0) is 56.2 Å². The summed E-state index contributed by atoms with van der Waals surface area (Å²) in [5.41, 5.74) is 3.76. The highest BCUT2D eigenvalue weighted by Gasteiger charge is 2.22. The lowest BCUT2D eigenvalue weighted by molar-refractivity contribution is -0.128. The van der Waals surface area contributed by atoms with Crippen molar-refractivity contribution in [3.8, 4) is 5.69 Å². The molecular formula is C23H26N6O2S. The zero-order chi connectivity index (χ0) is 22.7. The highest BCUT2D eigenvalue weighted by atomic mass is 32.2. The molecule has 2 aromatic heterocycles. The fourth-order valence-corrected chi connectivity index (χ4v) is 4.29. The minimum atomic E-state index is -0.166. The zero-order valence-electron chi connectivity index (χ0n) is 18.5. The number of thioether (sulfide) groups is 1. The number of benzene rings is 1. The van der Waals surface area contributed by atoms with Crippen LogP contribution < -0.4 is 10.5 Å². The van der Waals surface area contributed by atoms with E-state index in [1.807, 2.05) is 49.9 Å². The summed E-state index contributed by atoms with van der Waals surface area (Å²) in [7, 11) is 0. The number of aromatic nitrogens is 4. The highest BCUT2D eigenvalue weighted by Crippen LogP contribution is 2.17. The quantitative estimate of drug-likeness (QED) is 0.436. The van der Waals surface area contributed by atoms with Crippen molar-refractivity contribution in [3.05, 3.63) is 69.8 Å². The highest BCUT2D eigenvalue weighted by molar-refractivity contribution is 7.99. The van der Waals surface area contributed by atoms with E-state index < -0.39 is 0 Å². The molecule has 1 aromatic carbocycles. The van der Waals surface area contributed by atoms with Gasteiger partial charge in [0.2, 0.25) is 5.91 Å². The molecule has 8 nitrogen and oxygen atoms in total. The first-order chi connectivity index (χ1) is 15.4. The minimum absolute atomic E-state index is 0.0767. The molecule has 1 amide bonds. The first-order valence-electron chi connectivity index (χ1n) is 10.5. The van der Waals surface area contributed by atoms with Crippen molar-refractivity contribution >= 4 is 23.5 Å². The van der Waals surface area contributed by atoms with Crippen LogP contribution in [0.4, 0.5) is 5.82 Å². The summed E-state index contributed by atoms with van der Waals surface area (Å²) >= 11 is 1.36. The summed E-state index contributed by atoms with van der Waals surface area (Å²) in [6, 6.07) is 11.0. The molecule has 0 saturated carbocycles. The van der Waals surface area contributed by atoms with Gasteiger partial charge in [0.25, 0.3) is 5.56 Å². The van der Waals surface area contributed by atoms with Gasteiger partial charge in [-0.1, -0.05) is 17.8 Å². The fraction of sp³-hybridized carbons (Fsp3) is 0.348. The Balaban J connectivity index is 1.39. The molecule has 1 aliphatic rings. The van der Waals surface area contributed by atoms with Gasteiger partial charge in [0, 0.05) is 44.1 Å². The topological polar surface area (TPSA) is 84.2 Å². The third kappa shape index (κ3) is 4.99. The minimum Gasteiger partial charge on any atom is -0.352 e. The van der Waals surface area contributed by atoms with E-state index in [0.29, 0.717) is 37.1 Å². The zero-order valence-corrected chi connectivity index (χ0v) is 19.3. The van der Waals surface area contributed by atoms with Crippen LogP contribution in [0.3, 0.4) is 0 Å². The van der Waals surface area contributed by atoms with Gasteiger partial charge in [-0.3, -0.25) is 9.59 Å². The molecule has 0 spiro atoms. The van der Waals surface area contributed by atoms with Crippen molar-refractivity contribution in [2.75, 3.05) is 36.8 Å². The van der Waals surface area contributed by atoms with E-state index in [1.54, 1.807) is 18.3 Å². The largest absolute Gasteiger partial charge is 0.352 e. The first kappa shape index (κ1) is 22.0. The van der Waals surface area contributed by atoms with E-state index >= 15 is 0 Å². The second-order valence-corrected chi connectivity index (χ2v) is 8.79. The van der Waals surface area contributed by atoms with E-state index in [0.717, 1.165) is 22.8 Å². The van der Waals surface area contributed by atoms with E-state index in [2.05, 4.69) is 20.0 Å². The number of nitrogens with zero attached hydrogens (tertiary/aromatic N) is 6. The smallest absolute Gasteiger partial charge is 0.271 e. The molecule has 3 aromatic rings. The number of carbonyl (C=O) groups excluding carboxylic acids is 1. The maximum atomic E-state index is 12.6. The van der Waals surface area contributed by atoms with E-state index in [9.17, 15) is 9.59 Å². The van der Waals surface area contributed by atoms with Crippen molar-refractivity contribution in [2.24, 2.45) is 0 Å². The first-order valence-corrected chi connectivity index (χ1v) is 11.5. The fourth-order valence-electron chi connectivity index (χ4n) is 3.51. The maximum Gasteiger partial charge on any atom is 0.271 e. The molecule has 0 bridgehead atoms. The SMILES string of the molecule is Cc1ccnc(SCC(=O)N2CCN(c3ccc(=O)n(-c4ccc(C)c(C)c4)n3)CC2)n1. The Labute approximate surface area is 191 Å². The van der Waals surface area contributed by atoms with Gasteiger partial charge in [0.1, 0.15) is 5.82 Å². The van der Waals surface area contributed by atoms with Crippen molar-refractivity contribution in [3.63, 3.8) is 0 Å². The molecule has 166 valence electrons. The predicted molar refractivity (Wildman–Crippen MR) is 126 cm³/mol. The van der Waals surface area contributed by atoms with Crippen LogP contribution in [0.2, 0.25) is 0 Å². The number of carbonyl (C=O) groups is 1. The van der Waals surface area contributed by atoms with E-state index in [1.165, 1.54) is 22.0 Å². The monoisotopic (exact) mass is 450 g/mol. The van der Waals surface area contributed by atoms with E-state index in [-0.39, 0.29) is 11.5 Å².